The fraction of sp³-hybridized carbons (Fsp3) is 0.385. The van der Waals surface area contributed by atoms with Gasteiger partial charge in [0.2, 0.25) is 5.91 Å². The number of β-amino-alcohol motifs (C(OH)–C–C–N with tert-alkyl or cyclic N) is 1. The number of aliphatic imine (C=N–C) groups is 1. The van der Waals surface area contributed by atoms with E-state index in [0.717, 1.165) is 0 Å². The first-order valence-corrected chi connectivity index (χ1v) is 12.5. The Bertz CT molecular complexity index is 1270. The maximum atomic E-state index is 12.7. The van der Waals surface area contributed by atoms with Gasteiger partial charge in [0.15, 0.2) is 5.96 Å². The number of hydrogen-bond acceptors (Lipinski definition) is 9. The Labute approximate surface area is 230 Å². The largest absolute Gasteiger partial charge is 0.508 e. The van der Waals surface area contributed by atoms with Crippen LogP contribution in [0.15, 0.2) is 41.4 Å². The Morgan fingerprint density at radius 3 is 2.56 bits per heavy atom. The Morgan fingerprint density at radius 1 is 1.18 bits per heavy atom. The van der Waals surface area contributed by atoms with Crippen LogP contribution < -0.4 is 21.3 Å². The number of carboxylic acid groups (broad SMARTS) is 1. The lowest BCUT2D eigenvalue weighted by Gasteiger charge is -2.25. The van der Waals surface area contributed by atoms with Gasteiger partial charge in [-0.1, -0.05) is 31.5 Å². The zero-order valence-electron chi connectivity index (χ0n) is 21.5. The van der Waals surface area contributed by atoms with Crippen molar-refractivity contribution in [3.8, 4) is 5.75 Å². The van der Waals surface area contributed by atoms with E-state index in [1.807, 2.05) is 0 Å². The summed E-state index contributed by atoms with van der Waals surface area (Å²) in [5.74, 6) is -2.28. The predicted molar refractivity (Wildman–Crippen MR) is 145 cm³/mol. The van der Waals surface area contributed by atoms with Crippen LogP contribution in [-0.2, 0) is 15.0 Å². The first-order valence-electron chi connectivity index (χ1n) is 12.1. The van der Waals surface area contributed by atoms with Crippen LogP contribution in [0.3, 0.4) is 0 Å². The van der Waals surface area contributed by atoms with Gasteiger partial charge in [-0.2, -0.15) is 0 Å². The maximum absolute atomic E-state index is 12.7. The van der Waals surface area contributed by atoms with E-state index in [4.69, 9.17) is 11.6 Å². The molecule has 1 aliphatic heterocycles. The zero-order valence-corrected chi connectivity index (χ0v) is 22.2. The number of aromatic hydroxyl groups is 1. The second kappa shape index (κ2) is 12.8. The molecule has 8 N–H and O–H groups in total. The molecule has 2 atom stereocenters. The number of nitrogens with one attached hydrogen (secondary N) is 4. The van der Waals surface area contributed by atoms with Crippen LogP contribution in [-0.4, -0.2) is 76.5 Å². The lowest BCUT2D eigenvalue weighted by molar-refractivity contribution is -0.137. The van der Waals surface area contributed by atoms with Gasteiger partial charge in [-0.25, -0.2) is 0 Å². The van der Waals surface area contributed by atoms with Crippen molar-refractivity contribution in [1.29, 1.82) is 0 Å². The molecule has 0 saturated heterocycles. The molecule has 1 heterocycles. The van der Waals surface area contributed by atoms with Crippen molar-refractivity contribution >= 4 is 41.0 Å². The highest BCUT2D eigenvalue weighted by molar-refractivity contribution is 6.30. The van der Waals surface area contributed by atoms with Gasteiger partial charge in [-0.05, 0) is 35.4 Å². The summed E-state index contributed by atoms with van der Waals surface area (Å²) in [5.41, 5.74) is 0.882. The number of phenolic OH excluding ortho intramolecular Hbond substituents is 1. The number of hydrogen-bond donors (Lipinski definition) is 8. The second-order valence-corrected chi connectivity index (χ2v) is 10.3. The van der Waals surface area contributed by atoms with Crippen molar-refractivity contribution in [1.82, 2.24) is 16.0 Å². The summed E-state index contributed by atoms with van der Waals surface area (Å²) in [6, 6.07) is 8.00. The lowest BCUT2D eigenvalue weighted by atomic mass is 9.84. The first-order chi connectivity index (χ1) is 18.4. The minimum absolute atomic E-state index is 0.0644. The molecule has 0 bridgehead atoms. The molecule has 3 rings (SSSR count). The Balaban J connectivity index is 1.68. The van der Waals surface area contributed by atoms with Crippen molar-refractivity contribution in [2.75, 3.05) is 31.6 Å². The van der Waals surface area contributed by atoms with E-state index < -0.39 is 48.3 Å². The molecular formula is C26H32ClN5O7. The second-order valence-electron chi connectivity index (χ2n) is 9.83. The highest BCUT2D eigenvalue weighted by Crippen LogP contribution is 2.30. The number of amides is 2. The van der Waals surface area contributed by atoms with Crippen molar-refractivity contribution in [2.45, 2.75) is 37.8 Å². The maximum Gasteiger partial charge on any atom is 0.305 e. The molecule has 13 heteroatoms. The number of carbonyl (C=O) groups excluding carboxylic acids is 2. The van der Waals surface area contributed by atoms with E-state index in [2.05, 4.69) is 26.3 Å². The molecule has 1 aliphatic rings. The van der Waals surface area contributed by atoms with Crippen molar-refractivity contribution in [3.63, 3.8) is 0 Å². The number of anilines is 1. The van der Waals surface area contributed by atoms with E-state index in [0.29, 0.717) is 34.3 Å². The predicted octanol–water partition coefficient (Wildman–Crippen LogP) is 1.11. The molecule has 2 unspecified atom stereocenters. The van der Waals surface area contributed by atoms with Crippen LogP contribution >= 0.6 is 11.6 Å². The van der Waals surface area contributed by atoms with Crippen molar-refractivity contribution in [2.24, 2.45) is 4.99 Å². The minimum atomic E-state index is -1.15. The topological polar surface area (TPSA) is 193 Å². The average Bonchev–Trinajstić information content (AvgIpc) is 2.87. The van der Waals surface area contributed by atoms with E-state index >= 15 is 0 Å². The van der Waals surface area contributed by atoms with Gasteiger partial charge < -0.3 is 41.7 Å². The SMILES string of the molecule is CC(C)(CO)c1cc(Cl)cc(C(CC(=O)O)NC(=O)CNC(=O)c2cc(O)cc(NC3=NCC(O)CN3)c2)c1. The van der Waals surface area contributed by atoms with E-state index in [1.165, 1.54) is 18.2 Å². The van der Waals surface area contributed by atoms with Gasteiger partial charge in [-0.3, -0.25) is 19.4 Å². The van der Waals surface area contributed by atoms with Crippen LogP contribution in [0.25, 0.3) is 0 Å². The molecule has 2 amide bonds. The monoisotopic (exact) mass is 561 g/mol. The number of aliphatic hydroxyl groups excluding tert-OH is 2. The summed E-state index contributed by atoms with van der Waals surface area (Å²) in [4.78, 5) is 41.0. The fourth-order valence-corrected chi connectivity index (χ4v) is 4.04. The number of aliphatic carboxylic acids is 1. The molecule has 0 spiro atoms. The van der Waals surface area contributed by atoms with Crippen LogP contribution in [0.2, 0.25) is 5.02 Å². The van der Waals surface area contributed by atoms with Gasteiger partial charge in [0, 0.05) is 34.3 Å². The summed E-state index contributed by atoms with van der Waals surface area (Å²) in [7, 11) is 0. The van der Waals surface area contributed by atoms with Crippen LogP contribution in [0.5, 0.6) is 5.75 Å². The molecular weight excluding hydrogens is 530 g/mol. The first kappa shape index (κ1) is 29.7. The number of carbonyl (C=O) groups is 3. The minimum Gasteiger partial charge on any atom is -0.508 e. The highest BCUT2D eigenvalue weighted by Gasteiger charge is 2.24. The highest BCUT2D eigenvalue weighted by atomic mass is 35.5. The third kappa shape index (κ3) is 8.57. The molecule has 0 fully saturated rings. The third-order valence-corrected chi connectivity index (χ3v) is 6.25. The summed E-state index contributed by atoms with van der Waals surface area (Å²) in [6.07, 6.45) is -1.04. The molecule has 39 heavy (non-hydrogen) atoms. The number of halogens is 1. The fourth-order valence-electron chi connectivity index (χ4n) is 3.80. The zero-order chi connectivity index (χ0) is 28.7. The van der Waals surface area contributed by atoms with Gasteiger partial charge >= 0.3 is 5.97 Å². The molecule has 2 aromatic carbocycles. The third-order valence-electron chi connectivity index (χ3n) is 6.03. The number of nitrogens with zero attached hydrogens (tertiary/aromatic N) is 1. The number of phenols is 1. The van der Waals surface area contributed by atoms with Crippen LogP contribution in [0, 0.1) is 0 Å². The van der Waals surface area contributed by atoms with Crippen LogP contribution in [0.1, 0.15) is 47.8 Å². The Morgan fingerprint density at radius 2 is 1.92 bits per heavy atom. The quantitative estimate of drug-likeness (QED) is 0.210. The smallest absolute Gasteiger partial charge is 0.305 e. The molecule has 12 nitrogen and oxygen atoms in total. The summed E-state index contributed by atoms with van der Waals surface area (Å²) < 4.78 is 0. The number of rotatable bonds is 10. The Hall–Kier alpha value is -3.87. The van der Waals surface area contributed by atoms with Gasteiger partial charge in [0.1, 0.15) is 5.75 Å². The molecule has 0 aliphatic carbocycles. The van der Waals surface area contributed by atoms with Gasteiger partial charge in [-0.15, -0.1) is 0 Å². The number of benzene rings is 2. The normalized spacial score (nSPS) is 15.9. The van der Waals surface area contributed by atoms with E-state index in [-0.39, 0.29) is 24.5 Å². The summed E-state index contributed by atoms with van der Waals surface area (Å²) in [6.45, 7) is 3.47. The Kier molecular flexibility index (Phi) is 9.73. The van der Waals surface area contributed by atoms with E-state index in [9.17, 15) is 34.8 Å². The summed E-state index contributed by atoms with van der Waals surface area (Å²) >= 11 is 6.25. The van der Waals surface area contributed by atoms with Gasteiger partial charge in [0.25, 0.3) is 5.91 Å². The van der Waals surface area contributed by atoms with Crippen LogP contribution in [0.4, 0.5) is 5.69 Å². The molecule has 210 valence electrons. The average molecular weight is 562 g/mol. The number of guanidine groups is 1. The number of carboxylic acids is 1. The molecule has 2 aromatic rings. The van der Waals surface area contributed by atoms with Gasteiger partial charge in [0.05, 0.1) is 38.3 Å². The van der Waals surface area contributed by atoms with Crippen molar-refractivity contribution in [3.05, 3.63) is 58.1 Å². The molecule has 0 aromatic heterocycles. The standard InChI is InChI=1S/C26H32ClN5O7/c1-26(2,13-33)16-3-14(4-17(27)7-16)21(9-23(37)38)32-22(36)12-28-24(39)15-5-18(8-19(34)6-15)31-25-29-10-20(35)11-30-25/h3-8,20-21,33-35H,9-13H2,1-2H3,(H,28,39)(H,32,36)(H,37,38)(H2,29,30,31). The molecule has 0 saturated carbocycles. The molecule has 0 radical (unpaired) electrons. The van der Waals surface area contributed by atoms with Crippen molar-refractivity contribution < 1.29 is 34.8 Å². The number of aliphatic hydroxyl groups is 2. The lowest BCUT2D eigenvalue weighted by Crippen LogP contribution is -2.42. The summed E-state index contributed by atoms with van der Waals surface area (Å²) in [5, 5.41) is 49.9. The van der Waals surface area contributed by atoms with E-state index in [1.54, 1.807) is 32.0 Å².